The first-order valence-electron chi connectivity index (χ1n) is 13.7. The van der Waals surface area contributed by atoms with Gasteiger partial charge < -0.3 is 13.9 Å². The molecule has 3 aromatic carbocycles. The van der Waals surface area contributed by atoms with Gasteiger partial charge in [0, 0.05) is 22.2 Å². The van der Waals surface area contributed by atoms with Gasteiger partial charge in [-0.1, -0.05) is 71.5 Å². The zero-order valence-electron chi connectivity index (χ0n) is 23.7. The Morgan fingerprint density at radius 2 is 1.88 bits per heavy atom. The van der Waals surface area contributed by atoms with Crippen molar-refractivity contribution in [2.75, 3.05) is 13.7 Å². The van der Waals surface area contributed by atoms with Crippen LogP contribution >= 0.6 is 22.9 Å². The van der Waals surface area contributed by atoms with Crippen LogP contribution in [0.25, 0.3) is 23.1 Å². The van der Waals surface area contributed by atoms with Crippen LogP contribution < -0.4 is 19.6 Å². The summed E-state index contributed by atoms with van der Waals surface area (Å²) in [6.07, 6.45) is 1.70. The van der Waals surface area contributed by atoms with Gasteiger partial charge in [-0.05, 0) is 61.4 Å². The molecule has 6 rings (SSSR count). The molecular weight excluding hydrogens is 584 g/mol. The summed E-state index contributed by atoms with van der Waals surface area (Å²) in [5.74, 6) is 1.20. The monoisotopic (exact) mass is 610 g/mol. The van der Waals surface area contributed by atoms with Gasteiger partial charge in [-0.2, -0.15) is 0 Å². The number of hydrogen-bond donors (Lipinski definition) is 0. The number of fused-ring (bicyclic) bond motifs is 1. The highest BCUT2D eigenvalue weighted by atomic mass is 35.5. The van der Waals surface area contributed by atoms with Crippen molar-refractivity contribution in [1.29, 1.82) is 0 Å². The Balaban J connectivity index is 1.57. The third-order valence-electron chi connectivity index (χ3n) is 7.15. The molecule has 1 aliphatic heterocycles. The molecule has 5 aromatic rings. The topological polar surface area (TPSA) is 83.0 Å². The lowest BCUT2D eigenvalue weighted by molar-refractivity contribution is -0.138. The number of hydrogen-bond acceptors (Lipinski definition) is 7. The number of aromatic nitrogens is 1. The first kappa shape index (κ1) is 28.5. The second-order valence-electron chi connectivity index (χ2n) is 9.87. The molecule has 2 aromatic heterocycles. The van der Waals surface area contributed by atoms with E-state index in [1.165, 1.54) is 11.3 Å². The Morgan fingerprint density at radius 3 is 2.65 bits per heavy atom. The summed E-state index contributed by atoms with van der Waals surface area (Å²) in [6, 6.07) is 25.2. The molecule has 0 fully saturated rings. The van der Waals surface area contributed by atoms with Crippen LogP contribution in [0.4, 0.5) is 0 Å². The second-order valence-corrected chi connectivity index (χ2v) is 11.3. The first-order chi connectivity index (χ1) is 20.9. The standard InChI is InChI=1S/C34H27ClN2O5S/c1-4-41-33(39)29-30(21-9-6-5-7-10-21)36-34-37(31(29)22-11-8-12-24(17-22)40-3)32(38)28(43-34)19-25-15-16-27(42-25)26-18-23(35)14-13-20(26)2/h5-19,31H,4H2,1-3H3/b28-19-/t31-/m1/s1. The Labute approximate surface area is 256 Å². The summed E-state index contributed by atoms with van der Waals surface area (Å²) in [5.41, 5.74) is 3.75. The quantitative estimate of drug-likeness (QED) is 0.206. The molecule has 216 valence electrons. The summed E-state index contributed by atoms with van der Waals surface area (Å²) < 4.78 is 19.1. The van der Waals surface area contributed by atoms with Crippen LogP contribution in [-0.2, 0) is 9.53 Å². The SMILES string of the molecule is CCOC(=O)C1=C(c2ccccc2)N=c2s/c(=C\c3ccc(-c4cc(Cl)ccc4C)o3)c(=O)n2[C@@H]1c1cccc(OC)c1. The number of esters is 1. The number of aryl methyl sites for hydroxylation is 1. The Bertz CT molecular complexity index is 2060. The number of thiazole rings is 1. The third kappa shape index (κ3) is 5.47. The molecule has 0 N–H and O–H groups in total. The summed E-state index contributed by atoms with van der Waals surface area (Å²) in [5, 5.41) is 0.607. The third-order valence-corrected chi connectivity index (χ3v) is 8.37. The lowest BCUT2D eigenvalue weighted by atomic mass is 9.93. The van der Waals surface area contributed by atoms with Crippen molar-refractivity contribution in [2.45, 2.75) is 19.9 Å². The Kier molecular flexibility index (Phi) is 7.88. The predicted octanol–water partition coefficient (Wildman–Crippen LogP) is 6.17. The molecule has 1 atom stereocenters. The number of rotatable bonds is 7. The van der Waals surface area contributed by atoms with Crippen molar-refractivity contribution in [1.82, 2.24) is 4.57 Å². The number of furan rings is 1. The van der Waals surface area contributed by atoms with Gasteiger partial charge in [-0.3, -0.25) is 9.36 Å². The molecule has 0 saturated carbocycles. The fourth-order valence-corrected chi connectivity index (χ4v) is 6.28. The minimum atomic E-state index is -0.802. The zero-order valence-corrected chi connectivity index (χ0v) is 25.2. The molecule has 0 amide bonds. The van der Waals surface area contributed by atoms with Crippen molar-refractivity contribution in [3.05, 3.63) is 138 Å². The van der Waals surface area contributed by atoms with Gasteiger partial charge in [-0.15, -0.1) is 0 Å². The van der Waals surface area contributed by atoms with E-state index in [-0.39, 0.29) is 17.7 Å². The molecule has 9 heteroatoms. The minimum Gasteiger partial charge on any atom is -0.497 e. The normalized spacial score (nSPS) is 14.8. The Morgan fingerprint density at radius 1 is 1.07 bits per heavy atom. The number of halogens is 1. The minimum absolute atomic E-state index is 0.173. The highest BCUT2D eigenvalue weighted by Gasteiger charge is 2.35. The van der Waals surface area contributed by atoms with E-state index in [0.717, 1.165) is 16.7 Å². The van der Waals surface area contributed by atoms with E-state index in [1.54, 1.807) is 24.7 Å². The van der Waals surface area contributed by atoms with Crippen molar-refractivity contribution in [2.24, 2.45) is 4.99 Å². The number of nitrogens with zero attached hydrogens (tertiary/aromatic N) is 2. The Hall–Kier alpha value is -4.66. The van der Waals surface area contributed by atoms with Gasteiger partial charge >= 0.3 is 5.97 Å². The summed E-state index contributed by atoms with van der Waals surface area (Å²) in [6.45, 7) is 3.90. The van der Waals surface area contributed by atoms with Gasteiger partial charge in [0.15, 0.2) is 4.80 Å². The van der Waals surface area contributed by atoms with Gasteiger partial charge in [0.1, 0.15) is 17.3 Å². The van der Waals surface area contributed by atoms with E-state index in [2.05, 4.69) is 0 Å². The van der Waals surface area contributed by atoms with E-state index < -0.39 is 12.0 Å². The average Bonchev–Trinajstić information content (AvgIpc) is 3.62. The van der Waals surface area contributed by atoms with Gasteiger partial charge in [0.2, 0.25) is 0 Å². The highest BCUT2D eigenvalue weighted by molar-refractivity contribution is 7.07. The fraction of sp³-hybridized carbons (Fsp3) is 0.147. The summed E-state index contributed by atoms with van der Waals surface area (Å²) in [7, 11) is 1.57. The van der Waals surface area contributed by atoms with Crippen molar-refractivity contribution < 1.29 is 18.7 Å². The van der Waals surface area contributed by atoms with Gasteiger partial charge in [-0.25, -0.2) is 9.79 Å². The van der Waals surface area contributed by atoms with Crippen LogP contribution in [0.2, 0.25) is 5.02 Å². The molecule has 1 aliphatic rings. The van der Waals surface area contributed by atoms with Gasteiger partial charge in [0.25, 0.3) is 5.56 Å². The maximum atomic E-state index is 14.1. The molecule has 0 unspecified atom stereocenters. The van der Waals surface area contributed by atoms with Gasteiger partial charge in [0.05, 0.1) is 35.6 Å². The zero-order chi connectivity index (χ0) is 30.1. The van der Waals surface area contributed by atoms with Crippen LogP contribution in [0.1, 0.15) is 35.4 Å². The van der Waals surface area contributed by atoms with Crippen LogP contribution in [-0.4, -0.2) is 24.3 Å². The van der Waals surface area contributed by atoms with E-state index in [4.69, 9.17) is 30.5 Å². The molecule has 0 bridgehead atoms. The summed E-state index contributed by atoms with van der Waals surface area (Å²) >= 11 is 7.46. The second kappa shape index (κ2) is 11.9. The molecule has 0 spiro atoms. The van der Waals surface area contributed by atoms with E-state index >= 15 is 0 Å². The number of carbonyl (C=O) groups excluding carboxylic acids is 1. The van der Waals surface area contributed by atoms with Crippen molar-refractivity contribution in [3.63, 3.8) is 0 Å². The lowest BCUT2D eigenvalue weighted by Crippen LogP contribution is -2.40. The van der Waals surface area contributed by atoms with Crippen molar-refractivity contribution in [3.8, 4) is 17.1 Å². The summed E-state index contributed by atoms with van der Waals surface area (Å²) in [4.78, 5) is 33.1. The maximum absolute atomic E-state index is 14.1. The molecule has 7 nitrogen and oxygen atoms in total. The molecule has 0 aliphatic carbocycles. The smallest absolute Gasteiger partial charge is 0.338 e. The molecule has 43 heavy (non-hydrogen) atoms. The number of carbonyl (C=O) groups is 1. The van der Waals surface area contributed by atoms with Crippen LogP contribution in [0.3, 0.4) is 0 Å². The molecule has 0 radical (unpaired) electrons. The van der Waals surface area contributed by atoms with E-state index in [0.29, 0.717) is 42.9 Å². The lowest BCUT2D eigenvalue weighted by Gasteiger charge is -2.26. The maximum Gasteiger partial charge on any atom is 0.338 e. The predicted molar refractivity (Wildman–Crippen MR) is 168 cm³/mol. The molecular formula is C34H27ClN2O5S. The molecule has 3 heterocycles. The van der Waals surface area contributed by atoms with E-state index in [9.17, 15) is 9.59 Å². The molecule has 0 saturated heterocycles. The number of methoxy groups -OCH3 is 1. The van der Waals surface area contributed by atoms with Crippen LogP contribution in [0.5, 0.6) is 5.75 Å². The first-order valence-corrected chi connectivity index (χ1v) is 14.9. The van der Waals surface area contributed by atoms with Crippen LogP contribution in [0, 0.1) is 6.92 Å². The number of ether oxygens (including phenoxy) is 2. The van der Waals surface area contributed by atoms with Crippen molar-refractivity contribution >= 4 is 40.7 Å². The fourth-order valence-electron chi connectivity index (χ4n) is 5.13. The van der Waals surface area contributed by atoms with E-state index in [1.807, 2.05) is 91.9 Å². The number of benzene rings is 3. The van der Waals surface area contributed by atoms with Crippen LogP contribution in [0.15, 0.2) is 105 Å². The average molecular weight is 611 g/mol. The highest BCUT2D eigenvalue weighted by Crippen LogP contribution is 2.36. The largest absolute Gasteiger partial charge is 0.497 e.